The molecule has 0 atom stereocenters. The summed E-state index contributed by atoms with van der Waals surface area (Å²) in [6.45, 7) is 3.73. The van der Waals surface area contributed by atoms with Gasteiger partial charge in [-0.15, -0.1) is 11.3 Å². The van der Waals surface area contributed by atoms with Crippen molar-refractivity contribution in [2.45, 2.75) is 6.54 Å². The molecule has 1 saturated heterocycles. The molecule has 0 radical (unpaired) electrons. The number of thiophene rings is 1. The number of methoxy groups -OCH3 is 1. The number of hydrogen-bond acceptors (Lipinski definition) is 7. The van der Waals surface area contributed by atoms with E-state index in [1.54, 1.807) is 7.11 Å². The summed E-state index contributed by atoms with van der Waals surface area (Å²) in [7, 11) is 1.64. The Hall–Kier alpha value is -2.45. The van der Waals surface area contributed by atoms with Gasteiger partial charge in [0.15, 0.2) is 0 Å². The number of fused-ring (bicyclic) bond motifs is 1. The smallest absolute Gasteiger partial charge is 0.350 e. The third kappa shape index (κ3) is 4.91. The molecule has 2 aromatic carbocycles. The van der Waals surface area contributed by atoms with Gasteiger partial charge in [0.05, 0.1) is 31.1 Å². The van der Waals surface area contributed by atoms with Gasteiger partial charge in [0.2, 0.25) is 0 Å². The molecule has 0 saturated carbocycles. The number of morpholine rings is 1. The summed E-state index contributed by atoms with van der Waals surface area (Å²) in [5, 5.41) is 9.64. The standard InChI is InChI=1S/C23H23ClN2O4S/c1-28-19-7-6-15(12-16(19)13-26-8-10-29-11-9-26)18(25)14-30-23(27)22-21(24)17-4-2-3-5-20(17)31-22/h2-7,12,25H,8-11,13-14H2,1H3. The molecule has 0 spiro atoms. The minimum atomic E-state index is -0.516. The van der Waals surface area contributed by atoms with Crippen LogP contribution in [0.15, 0.2) is 42.5 Å². The Morgan fingerprint density at radius 2 is 2.00 bits per heavy atom. The topological polar surface area (TPSA) is 71.9 Å². The molecule has 0 aliphatic carbocycles. The second-order valence-corrected chi connectivity index (χ2v) is 8.64. The van der Waals surface area contributed by atoms with E-state index in [2.05, 4.69) is 4.90 Å². The van der Waals surface area contributed by atoms with Crippen LogP contribution in [-0.4, -0.2) is 56.6 Å². The number of carbonyl (C=O) groups excluding carboxylic acids is 1. The van der Waals surface area contributed by atoms with E-state index in [0.29, 0.717) is 35.2 Å². The van der Waals surface area contributed by atoms with Crippen molar-refractivity contribution in [3.05, 3.63) is 63.5 Å². The van der Waals surface area contributed by atoms with Crippen LogP contribution in [-0.2, 0) is 16.0 Å². The van der Waals surface area contributed by atoms with Crippen LogP contribution in [0.1, 0.15) is 20.8 Å². The van der Waals surface area contributed by atoms with Crippen molar-refractivity contribution in [2.24, 2.45) is 0 Å². The van der Waals surface area contributed by atoms with Gasteiger partial charge in [-0.2, -0.15) is 0 Å². The van der Waals surface area contributed by atoms with Crippen LogP contribution in [0.2, 0.25) is 5.02 Å². The molecule has 1 aliphatic rings. The zero-order chi connectivity index (χ0) is 21.8. The molecule has 3 aromatic rings. The molecule has 6 nitrogen and oxygen atoms in total. The summed E-state index contributed by atoms with van der Waals surface area (Å²) in [5.41, 5.74) is 1.90. The normalized spacial score (nSPS) is 14.5. The highest BCUT2D eigenvalue weighted by atomic mass is 35.5. The minimum absolute atomic E-state index is 0.132. The fourth-order valence-corrected chi connectivity index (χ4v) is 4.92. The van der Waals surface area contributed by atoms with Gasteiger partial charge in [0, 0.05) is 35.3 Å². The number of esters is 1. The van der Waals surface area contributed by atoms with Crippen LogP contribution in [0.25, 0.3) is 10.1 Å². The molecule has 1 fully saturated rings. The molecule has 4 rings (SSSR count). The number of carbonyl (C=O) groups is 1. The molecule has 0 amide bonds. The highest BCUT2D eigenvalue weighted by molar-refractivity contribution is 7.21. The lowest BCUT2D eigenvalue weighted by Gasteiger charge is -2.27. The summed E-state index contributed by atoms with van der Waals surface area (Å²) in [6.07, 6.45) is 0. The number of halogens is 1. The maximum atomic E-state index is 12.6. The Bertz CT molecular complexity index is 1110. The van der Waals surface area contributed by atoms with E-state index in [4.69, 9.17) is 31.2 Å². The number of rotatable bonds is 7. The van der Waals surface area contributed by atoms with Gasteiger partial charge in [-0.25, -0.2) is 4.79 Å². The second kappa shape index (κ2) is 9.78. The van der Waals surface area contributed by atoms with Gasteiger partial charge in [-0.05, 0) is 29.8 Å². The van der Waals surface area contributed by atoms with E-state index in [1.807, 2.05) is 42.5 Å². The van der Waals surface area contributed by atoms with Crippen molar-refractivity contribution in [3.8, 4) is 5.75 Å². The van der Waals surface area contributed by atoms with Gasteiger partial charge in [0.25, 0.3) is 0 Å². The van der Waals surface area contributed by atoms with Crippen LogP contribution in [0, 0.1) is 5.41 Å². The van der Waals surface area contributed by atoms with Crippen LogP contribution in [0.3, 0.4) is 0 Å². The predicted octanol–water partition coefficient (Wildman–Crippen LogP) is 4.62. The van der Waals surface area contributed by atoms with Gasteiger partial charge < -0.3 is 19.6 Å². The van der Waals surface area contributed by atoms with Crippen LogP contribution < -0.4 is 4.74 Å². The average molecular weight is 459 g/mol. The zero-order valence-corrected chi connectivity index (χ0v) is 18.7. The fourth-order valence-electron chi connectivity index (χ4n) is 3.52. The molecule has 1 aliphatic heterocycles. The Balaban J connectivity index is 1.44. The fraction of sp³-hybridized carbons (Fsp3) is 0.304. The highest BCUT2D eigenvalue weighted by Gasteiger charge is 2.20. The number of nitrogens with one attached hydrogen (secondary N) is 1. The van der Waals surface area contributed by atoms with E-state index < -0.39 is 5.97 Å². The monoisotopic (exact) mass is 458 g/mol. The van der Waals surface area contributed by atoms with Crippen molar-refractivity contribution in [3.63, 3.8) is 0 Å². The van der Waals surface area contributed by atoms with Crippen LogP contribution in [0.5, 0.6) is 5.75 Å². The molecule has 8 heteroatoms. The maximum Gasteiger partial charge on any atom is 0.350 e. The van der Waals surface area contributed by atoms with E-state index in [0.717, 1.165) is 34.5 Å². The third-order valence-electron chi connectivity index (χ3n) is 5.19. The lowest BCUT2D eigenvalue weighted by Crippen LogP contribution is -2.35. The Morgan fingerprint density at radius 1 is 1.23 bits per heavy atom. The first-order valence-corrected chi connectivity index (χ1v) is 11.1. The zero-order valence-electron chi connectivity index (χ0n) is 17.2. The van der Waals surface area contributed by atoms with Crippen molar-refractivity contribution in [1.82, 2.24) is 4.90 Å². The molecule has 1 N–H and O–H groups in total. The van der Waals surface area contributed by atoms with Gasteiger partial charge in [0.1, 0.15) is 17.2 Å². The van der Waals surface area contributed by atoms with Crippen LogP contribution in [0.4, 0.5) is 0 Å². The molecule has 162 valence electrons. The molecule has 1 aromatic heterocycles. The lowest BCUT2D eigenvalue weighted by atomic mass is 10.1. The van der Waals surface area contributed by atoms with Crippen molar-refractivity contribution in [1.29, 1.82) is 5.41 Å². The summed E-state index contributed by atoms with van der Waals surface area (Å²) >= 11 is 7.66. The van der Waals surface area contributed by atoms with Gasteiger partial charge in [-0.3, -0.25) is 4.90 Å². The largest absolute Gasteiger partial charge is 0.496 e. The molecule has 0 unspecified atom stereocenters. The maximum absolute atomic E-state index is 12.6. The number of nitrogens with zero attached hydrogens (tertiary/aromatic N) is 1. The lowest BCUT2D eigenvalue weighted by molar-refractivity contribution is 0.0339. The Kier molecular flexibility index (Phi) is 6.87. The molecular formula is C23H23ClN2O4S. The van der Waals surface area contributed by atoms with E-state index in [1.165, 1.54) is 11.3 Å². The third-order valence-corrected chi connectivity index (χ3v) is 6.85. The van der Waals surface area contributed by atoms with Crippen molar-refractivity contribution in [2.75, 3.05) is 40.0 Å². The Morgan fingerprint density at radius 3 is 2.74 bits per heavy atom. The van der Waals surface area contributed by atoms with E-state index in [-0.39, 0.29) is 12.3 Å². The summed E-state index contributed by atoms with van der Waals surface area (Å²) in [4.78, 5) is 15.2. The molecule has 31 heavy (non-hydrogen) atoms. The SMILES string of the molecule is COc1ccc(C(=N)COC(=O)c2sc3ccccc3c2Cl)cc1CN1CCOCC1. The minimum Gasteiger partial charge on any atom is -0.496 e. The summed E-state index contributed by atoms with van der Waals surface area (Å²) in [5.74, 6) is 0.259. The predicted molar refractivity (Wildman–Crippen MR) is 123 cm³/mol. The molecular weight excluding hydrogens is 436 g/mol. The van der Waals surface area contributed by atoms with Gasteiger partial charge >= 0.3 is 5.97 Å². The quantitative estimate of drug-likeness (QED) is 0.413. The number of ether oxygens (including phenoxy) is 3. The number of benzene rings is 2. The number of hydrogen-bond donors (Lipinski definition) is 1. The van der Waals surface area contributed by atoms with Crippen LogP contribution >= 0.6 is 22.9 Å². The van der Waals surface area contributed by atoms with Crippen molar-refractivity contribution >= 4 is 44.7 Å². The van der Waals surface area contributed by atoms with Gasteiger partial charge in [-0.1, -0.05) is 29.8 Å². The first-order chi connectivity index (χ1) is 15.1. The summed E-state index contributed by atoms with van der Waals surface area (Å²) < 4.78 is 17.2. The average Bonchev–Trinajstić information content (AvgIpc) is 3.14. The first-order valence-electron chi connectivity index (χ1n) is 9.96. The van der Waals surface area contributed by atoms with Crippen molar-refractivity contribution < 1.29 is 19.0 Å². The summed E-state index contributed by atoms with van der Waals surface area (Å²) in [6, 6.07) is 13.2. The highest BCUT2D eigenvalue weighted by Crippen LogP contribution is 2.35. The molecule has 2 heterocycles. The first kappa shape index (κ1) is 21.8. The van der Waals surface area contributed by atoms with E-state index in [9.17, 15) is 4.79 Å². The molecule has 0 bridgehead atoms. The Labute approximate surface area is 189 Å². The second-order valence-electron chi connectivity index (χ2n) is 7.21. The van der Waals surface area contributed by atoms with E-state index >= 15 is 0 Å².